The Balaban J connectivity index is 1.12. The summed E-state index contributed by atoms with van der Waals surface area (Å²) in [5.41, 5.74) is 6.73. The van der Waals surface area contributed by atoms with Gasteiger partial charge in [0, 0.05) is 22.8 Å². The molecule has 1 aliphatic carbocycles. The number of hydrogen-bond donors (Lipinski definition) is 1. The highest BCUT2D eigenvalue weighted by molar-refractivity contribution is 6.32. The van der Waals surface area contributed by atoms with Gasteiger partial charge in [0.05, 0.1) is 16.8 Å². The first-order valence-electron chi connectivity index (χ1n) is 12.5. The van der Waals surface area contributed by atoms with Crippen LogP contribution in [0.1, 0.15) is 40.6 Å². The number of benzene rings is 4. The van der Waals surface area contributed by atoms with Crippen LogP contribution in [-0.4, -0.2) is 6.21 Å². The second-order valence-electron chi connectivity index (χ2n) is 9.52. The minimum absolute atomic E-state index is 0.284. The molecule has 0 aromatic heterocycles. The molecule has 0 spiro atoms. The fourth-order valence-corrected chi connectivity index (χ4v) is 5.75. The average Bonchev–Trinajstić information content (AvgIpc) is 3.42. The first kappa shape index (κ1) is 23.8. The van der Waals surface area contributed by atoms with E-state index in [9.17, 15) is 0 Å². The normalized spacial score (nSPS) is 19.9. The number of fused-ring (bicyclic) bond motifs is 3. The third kappa shape index (κ3) is 5.16. The number of nitrogens with zero attached hydrogens (tertiary/aromatic N) is 1. The van der Waals surface area contributed by atoms with E-state index in [4.69, 9.17) is 27.9 Å². The lowest BCUT2D eigenvalue weighted by molar-refractivity contribution is 0.306. The van der Waals surface area contributed by atoms with E-state index in [1.165, 1.54) is 16.8 Å². The number of nitrogens with one attached hydrogen (secondary N) is 1. The monoisotopic (exact) mass is 524 g/mol. The van der Waals surface area contributed by atoms with E-state index in [1.807, 2.05) is 48.7 Å². The molecule has 0 saturated heterocycles. The molecule has 0 unspecified atom stereocenters. The van der Waals surface area contributed by atoms with Crippen LogP contribution >= 0.6 is 23.2 Å². The number of para-hydroxylation sites is 1. The lowest BCUT2D eigenvalue weighted by atomic mass is 9.77. The first-order valence-corrected chi connectivity index (χ1v) is 13.2. The smallest absolute Gasteiger partial charge is 0.138 e. The molecular formula is C32H26Cl2N2O. The maximum atomic E-state index is 6.47. The Hall–Kier alpha value is -3.53. The molecule has 2 aliphatic rings. The van der Waals surface area contributed by atoms with Gasteiger partial charge in [-0.2, -0.15) is 0 Å². The molecule has 1 aliphatic heterocycles. The average molecular weight is 525 g/mol. The molecule has 4 aromatic carbocycles. The van der Waals surface area contributed by atoms with Crippen LogP contribution in [0.3, 0.4) is 0 Å². The van der Waals surface area contributed by atoms with E-state index in [-0.39, 0.29) is 6.04 Å². The summed E-state index contributed by atoms with van der Waals surface area (Å²) in [5, 5.41) is 5.02. The van der Waals surface area contributed by atoms with Crippen LogP contribution < -0.4 is 10.1 Å². The topological polar surface area (TPSA) is 33.6 Å². The number of aliphatic imine (C=N–C) groups is 1. The summed E-state index contributed by atoms with van der Waals surface area (Å²) in [7, 11) is 0. The molecule has 1 heterocycles. The Morgan fingerprint density at radius 2 is 1.78 bits per heavy atom. The predicted octanol–water partition coefficient (Wildman–Crippen LogP) is 9.15. The molecule has 37 heavy (non-hydrogen) atoms. The minimum Gasteiger partial charge on any atom is -0.487 e. The van der Waals surface area contributed by atoms with E-state index >= 15 is 0 Å². The highest BCUT2D eigenvalue weighted by Gasteiger charge is 2.37. The molecule has 0 bridgehead atoms. The molecule has 1 N–H and O–H groups in total. The quantitative estimate of drug-likeness (QED) is 0.201. The minimum atomic E-state index is 0.284. The van der Waals surface area contributed by atoms with Gasteiger partial charge < -0.3 is 10.1 Å². The van der Waals surface area contributed by atoms with Gasteiger partial charge in [0.2, 0.25) is 0 Å². The van der Waals surface area contributed by atoms with Crippen LogP contribution in [0, 0.1) is 5.92 Å². The molecule has 3 nitrogen and oxygen atoms in total. The van der Waals surface area contributed by atoms with Crippen LogP contribution in [0.25, 0.3) is 0 Å². The van der Waals surface area contributed by atoms with Gasteiger partial charge in [0.1, 0.15) is 12.4 Å². The van der Waals surface area contributed by atoms with Crippen LogP contribution in [0.5, 0.6) is 5.75 Å². The van der Waals surface area contributed by atoms with Gasteiger partial charge in [-0.25, -0.2) is 0 Å². The molecule has 5 heteroatoms. The van der Waals surface area contributed by atoms with Crippen LogP contribution in [0.2, 0.25) is 10.0 Å². The zero-order valence-electron chi connectivity index (χ0n) is 20.1. The molecule has 4 aromatic rings. The van der Waals surface area contributed by atoms with Gasteiger partial charge in [-0.05, 0) is 83.1 Å². The Morgan fingerprint density at radius 1 is 0.919 bits per heavy atom. The zero-order chi connectivity index (χ0) is 25.2. The largest absolute Gasteiger partial charge is 0.487 e. The molecule has 0 saturated carbocycles. The summed E-state index contributed by atoms with van der Waals surface area (Å²) in [5.74, 6) is 1.64. The van der Waals surface area contributed by atoms with Crippen molar-refractivity contribution in [2.24, 2.45) is 10.9 Å². The van der Waals surface area contributed by atoms with E-state index in [0.29, 0.717) is 34.2 Å². The second kappa shape index (κ2) is 10.5. The van der Waals surface area contributed by atoms with Gasteiger partial charge >= 0.3 is 0 Å². The third-order valence-electron chi connectivity index (χ3n) is 7.13. The van der Waals surface area contributed by atoms with Crippen molar-refractivity contribution in [3.8, 4) is 5.75 Å². The van der Waals surface area contributed by atoms with E-state index in [1.54, 1.807) is 0 Å². The number of allylic oxidation sites excluding steroid dienone is 2. The van der Waals surface area contributed by atoms with E-state index in [0.717, 1.165) is 23.2 Å². The van der Waals surface area contributed by atoms with Crippen molar-refractivity contribution >= 4 is 40.8 Å². The molecule has 0 fully saturated rings. The number of halogens is 2. The van der Waals surface area contributed by atoms with Gasteiger partial charge in [0.15, 0.2) is 0 Å². The highest BCUT2D eigenvalue weighted by Crippen LogP contribution is 2.49. The van der Waals surface area contributed by atoms with Crippen LogP contribution in [0.4, 0.5) is 11.4 Å². The molecule has 0 radical (unpaired) electrons. The summed E-state index contributed by atoms with van der Waals surface area (Å²) in [6, 6.07) is 30.8. The molecule has 6 rings (SSSR count). The molecule has 184 valence electrons. The summed E-state index contributed by atoms with van der Waals surface area (Å²) in [6.07, 6.45) is 7.61. The summed E-state index contributed by atoms with van der Waals surface area (Å²) < 4.78 is 5.87. The second-order valence-corrected chi connectivity index (χ2v) is 10.4. The molecule has 0 amide bonds. The standard InChI is InChI=1S/C32H26Cl2N2O/c33-24-6-3-5-22(17-24)20-37-31-16-11-21(18-29(31)34)19-35-25-14-12-23(13-15-25)32-28-9-4-8-26(28)27-7-1-2-10-30(27)36-32/h1-8,10-19,26,28,32,36H,9,20H2/t26-,28-,32+/m1/s1. The molecule has 3 atom stereocenters. The van der Waals surface area contributed by atoms with E-state index in [2.05, 4.69) is 71.0 Å². The Morgan fingerprint density at radius 3 is 2.62 bits per heavy atom. The van der Waals surface area contributed by atoms with Crippen LogP contribution in [0.15, 0.2) is 108 Å². The predicted molar refractivity (Wildman–Crippen MR) is 154 cm³/mol. The van der Waals surface area contributed by atoms with Gasteiger partial charge in [-0.15, -0.1) is 0 Å². The number of ether oxygens (including phenoxy) is 1. The van der Waals surface area contributed by atoms with E-state index < -0.39 is 0 Å². The lowest BCUT2D eigenvalue weighted by Crippen LogP contribution is -2.28. The Labute approximate surface area is 227 Å². The lowest BCUT2D eigenvalue weighted by Gasteiger charge is -2.37. The van der Waals surface area contributed by atoms with Crippen molar-refractivity contribution in [1.29, 1.82) is 0 Å². The zero-order valence-corrected chi connectivity index (χ0v) is 21.7. The maximum absolute atomic E-state index is 6.47. The maximum Gasteiger partial charge on any atom is 0.138 e. The van der Waals surface area contributed by atoms with Crippen molar-refractivity contribution in [2.45, 2.75) is 25.0 Å². The van der Waals surface area contributed by atoms with Crippen molar-refractivity contribution in [2.75, 3.05) is 5.32 Å². The molecular weight excluding hydrogens is 499 g/mol. The van der Waals surface area contributed by atoms with Crippen LogP contribution in [-0.2, 0) is 6.61 Å². The van der Waals surface area contributed by atoms with Crippen molar-refractivity contribution in [3.63, 3.8) is 0 Å². The number of anilines is 1. The number of rotatable bonds is 6. The fraction of sp³-hybridized carbons (Fsp3) is 0.156. The summed E-state index contributed by atoms with van der Waals surface area (Å²) in [4.78, 5) is 4.67. The highest BCUT2D eigenvalue weighted by atomic mass is 35.5. The summed E-state index contributed by atoms with van der Waals surface area (Å²) >= 11 is 12.5. The number of hydrogen-bond acceptors (Lipinski definition) is 3. The van der Waals surface area contributed by atoms with Crippen molar-refractivity contribution in [1.82, 2.24) is 0 Å². The Bertz CT molecular complexity index is 1480. The SMILES string of the molecule is Clc1cccc(COc2ccc(C=Nc3ccc([C@@H]4Nc5ccccc5[C@H]5C=CC[C@H]54)cc3)cc2Cl)c1. The first-order chi connectivity index (χ1) is 18.1. The van der Waals surface area contributed by atoms with Crippen molar-refractivity contribution in [3.05, 3.63) is 135 Å². The van der Waals surface area contributed by atoms with Gasteiger partial charge in [-0.3, -0.25) is 4.99 Å². The third-order valence-corrected chi connectivity index (χ3v) is 7.66. The summed E-state index contributed by atoms with van der Waals surface area (Å²) in [6.45, 7) is 0.402. The Kier molecular flexibility index (Phi) is 6.73. The van der Waals surface area contributed by atoms with Gasteiger partial charge in [-0.1, -0.05) is 77.8 Å². The van der Waals surface area contributed by atoms with Gasteiger partial charge in [0.25, 0.3) is 0 Å². The van der Waals surface area contributed by atoms with Crippen molar-refractivity contribution < 1.29 is 4.74 Å². The fourth-order valence-electron chi connectivity index (χ4n) is 5.29.